The van der Waals surface area contributed by atoms with Crippen LogP contribution in [0, 0.1) is 17.6 Å². The molecule has 8 heteroatoms. The van der Waals surface area contributed by atoms with E-state index in [0.29, 0.717) is 37.6 Å². The van der Waals surface area contributed by atoms with Crippen LogP contribution in [-0.4, -0.2) is 49.5 Å². The van der Waals surface area contributed by atoms with E-state index in [9.17, 15) is 13.6 Å². The molecule has 1 aliphatic heterocycles. The number of hydrogen-bond donors (Lipinski definition) is 2. The molecule has 1 aliphatic rings. The first kappa shape index (κ1) is 27.0. The van der Waals surface area contributed by atoms with Gasteiger partial charge in [-0.05, 0) is 36.6 Å². The Balaban J connectivity index is 0.00000385. The second kappa shape index (κ2) is 13.5. The van der Waals surface area contributed by atoms with Crippen molar-refractivity contribution in [1.82, 2.24) is 15.5 Å². The largest absolute Gasteiger partial charge is 0.357 e. The van der Waals surface area contributed by atoms with Crippen molar-refractivity contribution in [2.45, 2.75) is 32.6 Å². The Morgan fingerprint density at radius 1 is 1.15 bits per heavy atom. The summed E-state index contributed by atoms with van der Waals surface area (Å²) in [5.41, 5.74) is 1.94. The average Bonchev–Trinajstić information content (AvgIpc) is 3.16. The van der Waals surface area contributed by atoms with Gasteiger partial charge in [-0.25, -0.2) is 8.78 Å². The summed E-state index contributed by atoms with van der Waals surface area (Å²) in [6.07, 6.45) is 1.39. The fourth-order valence-electron chi connectivity index (χ4n) is 3.85. The van der Waals surface area contributed by atoms with E-state index in [4.69, 9.17) is 0 Å². The van der Waals surface area contributed by atoms with Crippen molar-refractivity contribution in [3.05, 3.63) is 71.3 Å². The van der Waals surface area contributed by atoms with Crippen LogP contribution in [0.15, 0.2) is 53.5 Å². The molecule has 2 aromatic rings. The molecule has 3 rings (SSSR count). The molecule has 1 heterocycles. The molecule has 1 fully saturated rings. The number of nitrogens with one attached hydrogen (secondary N) is 2. The monoisotopic (exact) mass is 570 g/mol. The highest BCUT2D eigenvalue weighted by Crippen LogP contribution is 2.19. The summed E-state index contributed by atoms with van der Waals surface area (Å²) in [5, 5.41) is 6.54. The maximum absolute atomic E-state index is 13.5. The molecule has 2 unspecified atom stereocenters. The second-order valence-corrected chi connectivity index (χ2v) is 8.32. The number of benzene rings is 2. The van der Waals surface area contributed by atoms with Crippen LogP contribution >= 0.6 is 24.0 Å². The van der Waals surface area contributed by atoms with Crippen LogP contribution in [0.1, 0.15) is 37.3 Å². The number of carbonyl (C=O) groups is 1. The Hall–Kier alpha value is -2.23. The minimum Gasteiger partial charge on any atom is -0.357 e. The number of halogens is 3. The van der Waals surface area contributed by atoms with Gasteiger partial charge >= 0.3 is 0 Å². The van der Waals surface area contributed by atoms with Crippen LogP contribution in [0.4, 0.5) is 8.78 Å². The Kier molecular flexibility index (Phi) is 11.0. The van der Waals surface area contributed by atoms with E-state index in [1.807, 2.05) is 36.9 Å². The van der Waals surface area contributed by atoms with E-state index in [0.717, 1.165) is 25.6 Å². The number of rotatable bonds is 9. The predicted octanol–water partition coefficient (Wildman–Crippen LogP) is 4.33. The number of carbonyl (C=O) groups excluding carboxylic acids is 1. The summed E-state index contributed by atoms with van der Waals surface area (Å²) in [7, 11) is 0. The second-order valence-electron chi connectivity index (χ2n) is 8.32. The fraction of sp³-hybridized carbons (Fsp3) is 0.440. The number of likely N-dealkylation sites (tertiary alicyclic amines) is 1. The first-order valence-electron chi connectivity index (χ1n) is 11.2. The quantitative estimate of drug-likeness (QED) is 0.268. The molecule has 1 amide bonds. The zero-order chi connectivity index (χ0) is 22.9. The third-order valence-corrected chi connectivity index (χ3v) is 5.75. The number of nitrogens with zero attached hydrogens (tertiary/aromatic N) is 2. The number of hydrogen-bond acceptors (Lipinski definition) is 2. The van der Waals surface area contributed by atoms with Gasteiger partial charge in [0.1, 0.15) is 0 Å². The summed E-state index contributed by atoms with van der Waals surface area (Å²) in [5.74, 6) is -0.652. The van der Waals surface area contributed by atoms with Crippen molar-refractivity contribution in [2.24, 2.45) is 10.9 Å². The van der Waals surface area contributed by atoms with Crippen LogP contribution in [0.25, 0.3) is 0 Å². The topological polar surface area (TPSA) is 56.7 Å². The highest BCUT2D eigenvalue weighted by Gasteiger charge is 2.29. The molecule has 0 saturated carbocycles. The molecular weight excluding hydrogens is 537 g/mol. The number of guanidine groups is 1. The van der Waals surface area contributed by atoms with E-state index < -0.39 is 11.6 Å². The van der Waals surface area contributed by atoms with Crippen LogP contribution in [0.2, 0.25) is 0 Å². The normalized spacial score (nSPS) is 17.0. The third-order valence-electron chi connectivity index (χ3n) is 5.75. The molecule has 180 valence electrons. The lowest BCUT2D eigenvalue weighted by Crippen LogP contribution is -2.40. The molecule has 0 spiro atoms. The Morgan fingerprint density at radius 2 is 1.91 bits per heavy atom. The summed E-state index contributed by atoms with van der Waals surface area (Å²) < 4.78 is 26.7. The van der Waals surface area contributed by atoms with Crippen molar-refractivity contribution >= 4 is 35.8 Å². The lowest BCUT2D eigenvalue weighted by atomic mass is 10.0. The first-order valence-corrected chi connectivity index (χ1v) is 11.2. The Morgan fingerprint density at radius 3 is 2.61 bits per heavy atom. The molecule has 33 heavy (non-hydrogen) atoms. The minimum atomic E-state index is -0.844. The number of amides is 1. The molecule has 0 aliphatic carbocycles. The molecular formula is C25H33F2IN4O. The Labute approximate surface area is 212 Å². The summed E-state index contributed by atoms with van der Waals surface area (Å²) in [6, 6.07) is 14.2. The van der Waals surface area contributed by atoms with E-state index in [1.165, 1.54) is 11.6 Å². The highest BCUT2D eigenvalue weighted by atomic mass is 127. The van der Waals surface area contributed by atoms with Crippen molar-refractivity contribution in [2.75, 3.05) is 32.7 Å². The molecule has 2 aromatic carbocycles. The van der Waals surface area contributed by atoms with Gasteiger partial charge in [0.15, 0.2) is 17.6 Å². The zero-order valence-corrected chi connectivity index (χ0v) is 21.5. The van der Waals surface area contributed by atoms with Gasteiger partial charge in [-0.15, -0.1) is 24.0 Å². The minimum absolute atomic E-state index is 0. The molecule has 0 bridgehead atoms. The van der Waals surface area contributed by atoms with Crippen molar-refractivity contribution < 1.29 is 13.6 Å². The zero-order valence-electron chi connectivity index (χ0n) is 19.2. The smallest absolute Gasteiger partial charge is 0.223 e. The van der Waals surface area contributed by atoms with E-state index in [2.05, 4.69) is 27.8 Å². The Bertz CT molecular complexity index is 926. The summed E-state index contributed by atoms with van der Waals surface area (Å²) in [4.78, 5) is 18.9. The van der Waals surface area contributed by atoms with Gasteiger partial charge in [0.25, 0.3) is 0 Å². The maximum atomic E-state index is 13.5. The van der Waals surface area contributed by atoms with Gasteiger partial charge < -0.3 is 15.5 Å². The number of aliphatic imine (C=N–C) groups is 1. The van der Waals surface area contributed by atoms with E-state index >= 15 is 0 Å². The van der Waals surface area contributed by atoms with Gasteiger partial charge in [0, 0.05) is 51.0 Å². The molecule has 0 aromatic heterocycles. The van der Waals surface area contributed by atoms with E-state index in [1.54, 1.807) is 6.07 Å². The lowest BCUT2D eigenvalue weighted by molar-refractivity contribution is -0.127. The molecule has 2 N–H and O–H groups in total. The van der Waals surface area contributed by atoms with Crippen molar-refractivity contribution in [1.29, 1.82) is 0 Å². The standard InChI is InChI=1S/C25H32F2N4O.HI/c1-3-28-25(29-15-18(2)21-9-10-22(26)23(27)14-21)30-16-20-13-24(32)31(17-20)12-11-19-7-5-4-6-8-19;/h4-10,14,18,20H,3,11-13,15-17H2,1-2H3,(H2,28,29,30);1H. The van der Waals surface area contributed by atoms with E-state index in [-0.39, 0.29) is 41.7 Å². The van der Waals surface area contributed by atoms with Gasteiger partial charge in [0.2, 0.25) is 5.91 Å². The van der Waals surface area contributed by atoms with Crippen molar-refractivity contribution in [3.8, 4) is 0 Å². The average molecular weight is 570 g/mol. The van der Waals surface area contributed by atoms with Crippen LogP contribution in [-0.2, 0) is 11.2 Å². The molecule has 1 saturated heterocycles. The maximum Gasteiger partial charge on any atom is 0.223 e. The predicted molar refractivity (Wildman–Crippen MR) is 139 cm³/mol. The van der Waals surface area contributed by atoms with Gasteiger partial charge in [0.05, 0.1) is 0 Å². The van der Waals surface area contributed by atoms with Crippen LogP contribution < -0.4 is 10.6 Å². The van der Waals surface area contributed by atoms with Crippen LogP contribution in [0.3, 0.4) is 0 Å². The highest BCUT2D eigenvalue weighted by molar-refractivity contribution is 14.0. The van der Waals surface area contributed by atoms with Crippen LogP contribution in [0.5, 0.6) is 0 Å². The SMILES string of the molecule is CCNC(=NCC(C)c1ccc(F)c(F)c1)NCC1CC(=O)N(CCc2ccccc2)C1.I. The van der Waals surface area contributed by atoms with Gasteiger partial charge in [-0.2, -0.15) is 0 Å². The summed E-state index contributed by atoms with van der Waals surface area (Å²) >= 11 is 0. The molecule has 2 atom stereocenters. The van der Waals surface area contributed by atoms with Gasteiger partial charge in [-0.3, -0.25) is 9.79 Å². The fourth-order valence-corrected chi connectivity index (χ4v) is 3.85. The molecule has 5 nitrogen and oxygen atoms in total. The summed E-state index contributed by atoms with van der Waals surface area (Å²) in [6.45, 7) is 7.19. The third kappa shape index (κ3) is 8.24. The first-order chi connectivity index (χ1) is 15.5. The lowest BCUT2D eigenvalue weighted by Gasteiger charge is -2.18. The van der Waals surface area contributed by atoms with Crippen molar-refractivity contribution in [3.63, 3.8) is 0 Å². The molecule has 0 radical (unpaired) electrons. The van der Waals surface area contributed by atoms with Gasteiger partial charge in [-0.1, -0.05) is 43.3 Å².